The summed E-state index contributed by atoms with van der Waals surface area (Å²) >= 11 is 0. The molecule has 0 radical (unpaired) electrons. The largest absolute Gasteiger partial charge is 0.327 e. The minimum absolute atomic E-state index is 0.217. The molecule has 1 heterocycles. The number of benzene rings is 1. The molecule has 2 N–H and O–H groups in total. The quantitative estimate of drug-likeness (QED) is 0.894. The maximum atomic E-state index is 6.12. The second-order valence-corrected chi connectivity index (χ2v) is 5.07. The molecule has 1 atom stereocenters. The number of imidazole rings is 1. The van der Waals surface area contributed by atoms with E-state index in [1.807, 2.05) is 12.4 Å². The molecule has 0 aliphatic carbocycles. The van der Waals surface area contributed by atoms with Crippen LogP contribution in [0.15, 0.2) is 30.6 Å². The molecule has 0 spiro atoms. The molecule has 0 bridgehead atoms. The van der Waals surface area contributed by atoms with Crippen molar-refractivity contribution in [2.75, 3.05) is 0 Å². The standard InChI is InChI=1S/C16H23N3/c1-4-14(17)11-13-10-12(3)6-7-15(13)19-9-8-18-16(19)5-2/h6-10,14H,4-5,11,17H2,1-3H3. The average molecular weight is 257 g/mol. The van der Waals surface area contributed by atoms with Gasteiger partial charge in [-0.2, -0.15) is 0 Å². The summed E-state index contributed by atoms with van der Waals surface area (Å²) in [6.45, 7) is 6.39. The molecule has 19 heavy (non-hydrogen) atoms. The predicted octanol–water partition coefficient (Wildman–Crippen LogP) is 3.02. The van der Waals surface area contributed by atoms with E-state index in [4.69, 9.17) is 5.73 Å². The number of nitrogens with two attached hydrogens (primary N) is 1. The monoisotopic (exact) mass is 257 g/mol. The number of rotatable bonds is 5. The summed E-state index contributed by atoms with van der Waals surface area (Å²) in [4.78, 5) is 4.41. The van der Waals surface area contributed by atoms with Gasteiger partial charge in [-0.1, -0.05) is 31.5 Å². The second-order valence-electron chi connectivity index (χ2n) is 5.07. The predicted molar refractivity (Wildman–Crippen MR) is 79.6 cm³/mol. The Bertz CT molecular complexity index is 543. The van der Waals surface area contributed by atoms with Crippen LogP contribution in [0.4, 0.5) is 0 Å². The van der Waals surface area contributed by atoms with Crippen LogP contribution in [-0.4, -0.2) is 15.6 Å². The van der Waals surface area contributed by atoms with Gasteiger partial charge in [0.1, 0.15) is 5.82 Å². The fourth-order valence-corrected chi connectivity index (χ4v) is 2.35. The van der Waals surface area contributed by atoms with E-state index in [0.29, 0.717) is 0 Å². The van der Waals surface area contributed by atoms with Crippen molar-refractivity contribution in [3.05, 3.63) is 47.5 Å². The van der Waals surface area contributed by atoms with Crippen LogP contribution in [0.5, 0.6) is 0 Å². The van der Waals surface area contributed by atoms with Crippen molar-refractivity contribution in [2.45, 2.75) is 46.1 Å². The van der Waals surface area contributed by atoms with Gasteiger partial charge >= 0.3 is 0 Å². The van der Waals surface area contributed by atoms with Crippen molar-refractivity contribution < 1.29 is 0 Å². The highest BCUT2D eigenvalue weighted by molar-refractivity contribution is 5.44. The Hall–Kier alpha value is -1.61. The minimum atomic E-state index is 0.217. The summed E-state index contributed by atoms with van der Waals surface area (Å²) in [6.07, 6.45) is 6.74. The fraction of sp³-hybridized carbons (Fsp3) is 0.438. The van der Waals surface area contributed by atoms with Gasteiger partial charge in [-0.25, -0.2) is 4.98 Å². The Morgan fingerprint density at radius 2 is 2.11 bits per heavy atom. The topological polar surface area (TPSA) is 43.8 Å². The smallest absolute Gasteiger partial charge is 0.112 e. The maximum absolute atomic E-state index is 6.12. The average Bonchev–Trinajstić information content (AvgIpc) is 2.87. The normalized spacial score (nSPS) is 12.6. The van der Waals surface area contributed by atoms with Gasteiger partial charge < -0.3 is 10.3 Å². The Kier molecular flexibility index (Phi) is 4.38. The third-order valence-corrected chi connectivity index (χ3v) is 3.53. The molecule has 102 valence electrons. The van der Waals surface area contributed by atoms with Crippen LogP contribution in [-0.2, 0) is 12.8 Å². The van der Waals surface area contributed by atoms with Crippen molar-refractivity contribution in [2.24, 2.45) is 5.73 Å². The van der Waals surface area contributed by atoms with Crippen molar-refractivity contribution in [3.8, 4) is 5.69 Å². The number of hydrogen-bond acceptors (Lipinski definition) is 2. The van der Waals surface area contributed by atoms with Crippen LogP contribution in [0.2, 0.25) is 0 Å². The van der Waals surface area contributed by atoms with Crippen molar-refractivity contribution in [3.63, 3.8) is 0 Å². The van der Waals surface area contributed by atoms with Crippen molar-refractivity contribution in [1.29, 1.82) is 0 Å². The molecule has 0 saturated carbocycles. The molecule has 2 aromatic rings. The van der Waals surface area contributed by atoms with E-state index in [1.165, 1.54) is 16.8 Å². The Morgan fingerprint density at radius 3 is 2.79 bits per heavy atom. The molecule has 3 nitrogen and oxygen atoms in total. The van der Waals surface area contributed by atoms with Gasteiger partial charge in [-0.05, 0) is 31.4 Å². The van der Waals surface area contributed by atoms with E-state index in [2.05, 4.69) is 48.5 Å². The van der Waals surface area contributed by atoms with Gasteiger partial charge in [0.2, 0.25) is 0 Å². The molecule has 0 fully saturated rings. The number of hydrogen-bond donors (Lipinski definition) is 1. The molecular weight excluding hydrogens is 234 g/mol. The van der Waals surface area contributed by atoms with Gasteiger partial charge in [0.05, 0.1) is 0 Å². The molecule has 1 unspecified atom stereocenters. The van der Waals surface area contributed by atoms with Gasteiger partial charge in [-0.3, -0.25) is 0 Å². The maximum Gasteiger partial charge on any atom is 0.112 e. The third-order valence-electron chi connectivity index (χ3n) is 3.53. The number of nitrogens with zero attached hydrogens (tertiary/aromatic N) is 2. The lowest BCUT2D eigenvalue weighted by molar-refractivity contribution is 0.643. The second kappa shape index (κ2) is 6.02. The highest BCUT2D eigenvalue weighted by atomic mass is 15.1. The van der Waals surface area contributed by atoms with E-state index in [1.54, 1.807) is 0 Å². The van der Waals surface area contributed by atoms with E-state index in [9.17, 15) is 0 Å². The molecule has 3 heteroatoms. The first kappa shape index (κ1) is 13.8. The first-order chi connectivity index (χ1) is 9.15. The molecule has 1 aromatic heterocycles. The molecule has 0 amide bonds. The van der Waals surface area contributed by atoms with Gasteiger partial charge in [0, 0.05) is 30.5 Å². The third kappa shape index (κ3) is 3.04. The molecule has 2 rings (SSSR count). The molecule has 1 aromatic carbocycles. The molecule has 0 aliphatic rings. The van der Waals surface area contributed by atoms with Gasteiger partial charge in [-0.15, -0.1) is 0 Å². The Labute approximate surface area is 115 Å². The summed E-state index contributed by atoms with van der Waals surface area (Å²) in [5, 5.41) is 0. The van der Waals surface area contributed by atoms with E-state index in [0.717, 1.165) is 25.1 Å². The molecule has 0 aliphatic heterocycles. The summed E-state index contributed by atoms with van der Waals surface area (Å²) in [6, 6.07) is 6.78. The van der Waals surface area contributed by atoms with Crippen LogP contribution in [0.25, 0.3) is 5.69 Å². The summed E-state index contributed by atoms with van der Waals surface area (Å²) in [5.74, 6) is 1.09. The summed E-state index contributed by atoms with van der Waals surface area (Å²) < 4.78 is 2.18. The minimum Gasteiger partial charge on any atom is -0.327 e. The number of aryl methyl sites for hydroxylation is 2. The summed E-state index contributed by atoms with van der Waals surface area (Å²) in [7, 11) is 0. The van der Waals surface area contributed by atoms with Gasteiger partial charge in [0.15, 0.2) is 0 Å². The lowest BCUT2D eigenvalue weighted by atomic mass is 10.0. The summed E-state index contributed by atoms with van der Waals surface area (Å²) in [5.41, 5.74) is 9.92. The van der Waals surface area contributed by atoms with Crippen LogP contribution in [0, 0.1) is 6.92 Å². The first-order valence-electron chi connectivity index (χ1n) is 7.03. The lowest BCUT2D eigenvalue weighted by Gasteiger charge is -2.16. The van der Waals surface area contributed by atoms with Crippen LogP contribution in [0.3, 0.4) is 0 Å². The van der Waals surface area contributed by atoms with E-state index >= 15 is 0 Å². The van der Waals surface area contributed by atoms with Crippen LogP contribution in [0.1, 0.15) is 37.2 Å². The zero-order valence-electron chi connectivity index (χ0n) is 12.1. The Balaban J connectivity index is 2.44. The number of aromatic nitrogens is 2. The Morgan fingerprint density at radius 1 is 1.32 bits per heavy atom. The first-order valence-corrected chi connectivity index (χ1v) is 7.03. The van der Waals surface area contributed by atoms with E-state index < -0.39 is 0 Å². The van der Waals surface area contributed by atoms with Crippen LogP contribution < -0.4 is 5.73 Å². The highest BCUT2D eigenvalue weighted by Gasteiger charge is 2.11. The van der Waals surface area contributed by atoms with Gasteiger partial charge in [0.25, 0.3) is 0 Å². The zero-order chi connectivity index (χ0) is 13.8. The van der Waals surface area contributed by atoms with Crippen molar-refractivity contribution in [1.82, 2.24) is 9.55 Å². The molecular formula is C16H23N3. The van der Waals surface area contributed by atoms with E-state index in [-0.39, 0.29) is 6.04 Å². The lowest BCUT2D eigenvalue weighted by Crippen LogP contribution is -2.22. The van der Waals surface area contributed by atoms with Crippen LogP contribution >= 0.6 is 0 Å². The SMILES string of the molecule is CCc1nccn1-c1ccc(C)cc1CC(N)CC. The van der Waals surface area contributed by atoms with Crippen molar-refractivity contribution >= 4 is 0 Å². The zero-order valence-corrected chi connectivity index (χ0v) is 12.1. The molecule has 0 saturated heterocycles. The highest BCUT2D eigenvalue weighted by Crippen LogP contribution is 2.20. The fourth-order valence-electron chi connectivity index (χ4n) is 2.35.